The minimum Gasteiger partial charge on any atom is -0.469 e. The van der Waals surface area contributed by atoms with E-state index in [0.29, 0.717) is 25.2 Å². The van der Waals surface area contributed by atoms with Gasteiger partial charge in [-0.05, 0) is 24.5 Å². The van der Waals surface area contributed by atoms with Crippen LogP contribution in [0.25, 0.3) is 0 Å². The Bertz CT molecular complexity index is 502. The minimum absolute atomic E-state index is 0.0559. The van der Waals surface area contributed by atoms with E-state index in [1.54, 1.807) is 11.0 Å². The van der Waals surface area contributed by atoms with Gasteiger partial charge >= 0.3 is 5.97 Å². The number of hydrogen-bond donors (Lipinski definition) is 1. The Hall–Kier alpha value is -1.88. The Kier molecular flexibility index (Phi) is 4.74. The van der Waals surface area contributed by atoms with Crippen LogP contribution >= 0.6 is 0 Å². The van der Waals surface area contributed by atoms with E-state index in [1.165, 1.54) is 7.11 Å². The molecule has 0 aromatic heterocycles. The molecule has 0 aliphatic carbocycles. The van der Waals surface area contributed by atoms with E-state index in [0.717, 1.165) is 18.4 Å². The fraction of sp³-hybridized carbons (Fsp3) is 0.467. The Morgan fingerprint density at radius 3 is 2.85 bits per heavy atom. The van der Waals surface area contributed by atoms with E-state index in [1.807, 2.05) is 18.2 Å². The lowest BCUT2D eigenvalue weighted by atomic mass is 9.97. The number of rotatable bonds is 3. The van der Waals surface area contributed by atoms with Crippen LogP contribution in [0.3, 0.4) is 0 Å². The number of nitrogens with two attached hydrogens (primary N) is 1. The summed E-state index contributed by atoms with van der Waals surface area (Å²) in [6.45, 7) is 1.42. The number of hydrogen-bond acceptors (Lipinski definition) is 4. The number of esters is 1. The maximum absolute atomic E-state index is 12.6. The second-order valence-electron chi connectivity index (χ2n) is 4.97. The van der Waals surface area contributed by atoms with Crippen molar-refractivity contribution in [3.8, 4) is 0 Å². The van der Waals surface area contributed by atoms with Gasteiger partial charge in [-0.2, -0.15) is 0 Å². The van der Waals surface area contributed by atoms with Crippen LogP contribution in [0, 0.1) is 5.92 Å². The molecule has 1 aliphatic rings. The Morgan fingerprint density at radius 2 is 2.15 bits per heavy atom. The summed E-state index contributed by atoms with van der Waals surface area (Å²) in [6, 6.07) is 7.34. The van der Waals surface area contributed by atoms with Gasteiger partial charge in [-0.3, -0.25) is 9.59 Å². The molecule has 5 nitrogen and oxygen atoms in total. The second-order valence-corrected chi connectivity index (χ2v) is 4.97. The van der Waals surface area contributed by atoms with Gasteiger partial charge in [0.15, 0.2) is 0 Å². The number of nitrogens with zero attached hydrogens (tertiary/aromatic N) is 1. The van der Waals surface area contributed by atoms with E-state index in [4.69, 9.17) is 10.5 Å². The van der Waals surface area contributed by atoms with Crippen LogP contribution in [0.5, 0.6) is 0 Å². The molecule has 1 amide bonds. The van der Waals surface area contributed by atoms with E-state index >= 15 is 0 Å². The van der Waals surface area contributed by atoms with Crippen molar-refractivity contribution in [3.05, 3.63) is 35.4 Å². The number of benzene rings is 1. The molecule has 1 saturated heterocycles. The van der Waals surface area contributed by atoms with Crippen molar-refractivity contribution < 1.29 is 14.3 Å². The van der Waals surface area contributed by atoms with Gasteiger partial charge in [0.25, 0.3) is 5.91 Å². The Labute approximate surface area is 118 Å². The van der Waals surface area contributed by atoms with E-state index in [9.17, 15) is 9.59 Å². The number of carbonyl (C=O) groups is 2. The van der Waals surface area contributed by atoms with Crippen LogP contribution < -0.4 is 5.73 Å². The number of methoxy groups -OCH3 is 1. The second kappa shape index (κ2) is 6.52. The number of piperidine rings is 1. The smallest absolute Gasteiger partial charge is 0.310 e. The zero-order chi connectivity index (χ0) is 14.5. The summed E-state index contributed by atoms with van der Waals surface area (Å²) in [6.07, 6.45) is 1.59. The molecular formula is C15H20N2O3. The standard InChI is InChI=1S/C15H20N2O3/c1-20-15(19)12-6-4-8-17(10-12)14(18)13-7-3-2-5-11(13)9-16/h2-3,5,7,12H,4,6,8-10,16H2,1H3. The molecule has 1 heterocycles. The van der Waals surface area contributed by atoms with Gasteiger partial charge < -0.3 is 15.4 Å². The largest absolute Gasteiger partial charge is 0.469 e. The number of likely N-dealkylation sites (tertiary alicyclic amines) is 1. The number of amides is 1. The van der Waals surface area contributed by atoms with Crippen molar-refractivity contribution in [2.75, 3.05) is 20.2 Å². The zero-order valence-electron chi connectivity index (χ0n) is 11.7. The van der Waals surface area contributed by atoms with Gasteiger partial charge in [0.1, 0.15) is 0 Å². The molecule has 1 fully saturated rings. The van der Waals surface area contributed by atoms with Crippen molar-refractivity contribution in [1.29, 1.82) is 0 Å². The van der Waals surface area contributed by atoms with Crippen LogP contribution in [0.2, 0.25) is 0 Å². The van der Waals surface area contributed by atoms with Gasteiger partial charge in [0, 0.05) is 25.2 Å². The van der Waals surface area contributed by atoms with Gasteiger partial charge in [-0.25, -0.2) is 0 Å². The van der Waals surface area contributed by atoms with Gasteiger partial charge in [0.05, 0.1) is 13.0 Å². The van der Waals surface area contributed by atoms with Crippen molar-refractivity contribution in [2.24, 2.45) is 11.7 Å². The molecular weight excluding hydrogens is 256 g/mol. The van der Waals surface area contributed by atoms with Crippen molar-refractivity contribution in [3.63, 3.8) is 0 Å². The topological polar surface area (TPSA) is 72.6 Å². The lowest BCUT2D eigenvalue weighted by Crippen LogP contribution is -2.43. The van der Waals surface area contributed by atoms with Crippen LogP contribution in [-0.2, 0) is 16.1 Å². The first-order valence-corrected chi connectivity index (χ1v) is 6.82. The van der Waals surface area contributed by atoms with Crippen LogP contribution in [0.15, 0.2) is 24.3 Å². The molecule has 5 heteroatoms. The van der Waals surface area contributed by atoms with Gasteiger partial charge in [-0.1, -0.05) is 18.2 Å². The SMILES string of the molecule is COC(=O)C1CCCN(C(=O)c2ccccc2CN)C1. The summed E-state index contributed by atoms with van der Waals surface area (Å²) in [4.78, 5) is 25.9. The highest BCUT2D eigenvalue weighted by Crippen LogP contribution is 2.21. The molecule has 0 spiro atoms. The lowest BCUT2D eigenvalue weighted by Gasteiger charge is -2.31. The summed E-state index contributed by atoms with van der Waals surface area (Å²) in [5, 5.41) is 0. The average Bonchev–Trinajstić information content (AvgIpc) is 2.53. The summed E-state index contributed by atoms with van der Waals surface area (Å²) in [7, 11) is 1.38. The molecule has 1 aliphatic heterocycles. The minimum atomic E-state index is -0.241. The maximum atomic E-state index is 12.6. The van der Waals surface area contributed by atoms with Crippen LogP contribution in [0.4, 0.5) is 0 Å². The highest BCUT2D eigenvalue weighted by Gasteiger charge is 2.29. The van der Waals surface area contributed by atoms with Gasteiger partial charge in [-0.15, -0.1) is 0 Å². The molecule has 1 aromatic rings. The fourth-order valence-electron chi connectivity index (χ4n) is 2.60. The normalized spacial score (nSPS) is 18.7. The molecule has 1 atom stereocenters. The molecule has 2 N–H and O–H groups in total. The first-order chi connectivity index (χ1) is 9.67. The van der Waals surface area contributed by atoms with Crippen molar-refractivity contribution in [2.45, 2.75) is 19.4 Å². The monoisotopic (exact) mass is 276 g/mol. The van der Waals surface area contributed by atoms with Crippen molar-refractivity contribution in [1.82, 2.24) is 4.90 Å². The summed E-state index contributed by atoms with van der Waals surface area (Å²) in [5.41, 5.74) is 7.13. The molecule has 108 valence electrons. The number of carbonyl (C=O) groups excluding carboxylic acids is 2. The van der Waals surface area contributed by atoms with E-state index in [-0.39, 0.29) is 17.8 Å². The molecule has 20 heavy (non-hydrogen) atoms. The zero-order valence-corrected chi connectivity index (χ0v) is 11.7. The third-order valence-electron chi connectivity index (χ3n) is 3.71. The van der Waals surface area contributed by atoms with E-state index < -0.39 is 0 Å². The molecule has 2 rings (SSSR count). The highest BCUT2D eigenvalue weighted by atomic mass is 16.5. The summed E-state index contributed by atoms with van der Waals surface area (Å²) >= 11 is 0. The van der Waals surface area contributed by atoms with Crippen LogP contribution in [0.1, 0.15) is 28.8 Å². The predicted molar refractivity (Wildman–Crippen MR) is 75.0 cm³/mol. The molecule has 1 aromatic carbocycles. The Balaban J connectivity index is 2.14. The molecule has 0 radical (unpaired) electrons. The maximum Gasteiger partial charge on any atom is 0.310 e. The first-order valence-electron chi connectivity index (χ1n) is 6.82. The molecule has 0 bridgehead atoms. The third-order valence-corrected chi connectivity index (χ3v) is 3.71. The predicted octanol–water partition coefficient (Wildman–Crippen LogP) is 1.17. The molecule has 0 saturated carbocycles. The highest BCUT2D eigenvalue weighted by molar-refractivity contribution is 5.96. The van der Waals surface area contributed by atoms with Crippen LogP contribution in [-0.4, -0.2) is 37.0 Å². The fourth-order valence-corrected chi connectivity index (χ4v) is 2.60. The van der Waals surface area contributed by atoms with Crippen molar-refractivity contribution >= 4 is 11.9 Å². The summed E-state index contributed by atoms with van der Waals surface area (Å²) in [5.74, 6) is -0.517. The summed E-state index contributed by atoms with van der Waals surface area (Å²) < 4.78 is 4.77. The Morgan fingerprint density at radius 1 is 1.40 bits per heavy atom. The average molecular weight is 276 g/mol. The van der Waals surface area contributed by atoms with Gasteiger partial charge in [0.2, 0.25) is 0 Å². The molecule has 1 unspecified atom stereocenters. The third kappa shape index (κ3) is 2.99. The van der Waals surface area contributed by atoms with E-state index in [2.05, 4.69) is 0 Å². The quantitative estimate of drug-likeness (QED) is 0.841. The first kappa shape index (κ1) is 14.5. The lowest BCUT2D eigenvalue weighted by molar-refractivity contribution is -0.146. The number of ether oxygens (including phenoxy) is 1.